The molecule has 0 saturated heterocycles. The molecule has 178 valence electrons. The molecule has 11 heteroatoms. The predicted octanol–water partition coefficient (Wildman–Crippen LogP) is 6.30. The molecule has 0 bridgehead atoms. The maximum atomic E-state index is 13.2. The van der Waals surface area contributed by atoms with Crippen molar-refractivity contribution in [3.8, 4) is 11.6 Å². The third-order valence-corrected chi connectivity index (χ3v) is 6.10. The minimum atomic E-state index is -0.542. The summed E-state index contributed by atoms with van der Waals surface area (Å²) in [5, 5.41) is 15.9. The number of hydrogen-bond donors (Lipinski definition) is 0. The van der Waals surface area contributed by atoms with Crippen molar-refractivity contribution in [2.24, 2.45) is 5.10 Å². The van der Waals surface area contributed by atoms with Crippen LogP contribution in [0.3, 0.4) is 0 Å². The van der Waals surface area contributed by atoms with Crippen LogP contribution in [0.2, 0.25) is 5.02 Å². The van der Waals surface area contributed by atoms with Crippen LogP contribution < -0.4 is 10.3 Å². The molecule has 0 fully saturated rings. The molecule has 2 heterocycles. The van der Waals surface area contributed by atoms with Gasteiger partial charge in [0.05, 0.1) is 27.1 Å². The predicted molar refractivity (Wildman–Crippen MR) is 138 cm³/mol. The molecule has 4 aromatic rings. The second-order valence-electron chi connectivity index (χ2n) is 7.71. The number of nitrogens with zero attached hydrogens (tertiary/aromatic N) is 5. The second-order valence-corrected chi connectivity index (χ2v) is 9.03. The normalized spacial score (nSPS) is 12.2. The van der Waals surface area contributed by atoms with Gasteiger partial charge in [-0.05, 0) is 48.4 Å². The lowest BCUT2D eigenvalue weighted by Gasteiger charge is -2.14. The minimum Gasteiger partial charge on any atom is -0.437 e. The highest BCUT2D eigenvalue weighted by molar-refractivity contribution is 9.10. The van der Waals surface area contributed by atoms with Crippen LogP contribution in [0.25, 0.3) is 10.9 Å². The summed E-state index contributed by atoms with van der Waals surface area (Å²) in [5.74, 6) is 1.07. The van der Waals surface area contributed by atoms with E-state index in [4.69, 9.17) is 16.3 Å². The molecule has 2 aromatic carbocycles. The molecular formula is C24H19BrClN5O4. The van der Waals surface area contributed by atoms with Gasteiger partial charge in [-0.3, -0.25) is 14.9 Å². The molecular weight excluding hydrogens is 538 g/mol. The standard InChI is InChI=1S/C24H19BrClN5O4/c1-3-14(2)23-29-20-7-5-16(25)11-18(20)24(32)30(23)28-12-15-4-8-21(19(26)10-15)35-22-9-6-17(13-27-22)31(33)34/h4-14H,3H2,1-2H3/t14-/m1/s1. The van der Waals surface area contributed by atoms with Gasteiger partial charge in [-0.2, -0.15) is 9.78 Å². The van der Waals surface area contributed by atoms with E-state index in [2.05, 4.69) is 31.0 Å². The molecule has 1 atom stereocenters. The Hall–Kier alpha value is -3.63. The summed E-state index contributed by atoms with van der Waals surface area (Å²) in [6.07, 6.45) is 3.42. The summed E-state index contributed by atoms with van der Waals surface area (Å²) in [6.45, 7) is 4.02. The summed E-state index contributed by atoms with van der Waals surface area (Å²) in [5.41, 5.74) is 0.843. The molecule has 2 aromatic heterocycles. The molecule has 0 aliphatic heterocycles. The van der Waals surface area contributed by atoms with E-state index in [1.54, 1.807) is 30.3 Å². The smallest absolute Gasteiger partial charge is 0.287 e. The monoisotopic (exact) mass is 555 g/mol. The second kappa shape index (κ2) is 10.3. The van der Waals surface area contributed by atoms with Crippen molar-refractivity contribution in [3.05, 3.63) is 96.1 Å². The fourth-order valence-electron chi connectivity index (χ4n) is 3.24. The van der Waals surface area contributed by atoms with Gasteiger partial charge in [0.2, 0.25) is 5.88 Å². The summed E-state index contributed by atoms with van der Waals surface area (Å²) in [6, 6.07) is 13.0. The first kappa shape index (κ1) is 24.5. The molecule has 9 nitrogen and oxygen atoms in total. The maximum absolute atomic E-state index is 13.2. The lowest BCUT2D eigenvalue weighted by molar-refractivity contribution is -0.385. The van der Waals surface area contributed by atoms with Crippen LogP contribution in [0.1, 0.15) is 37.6 Å². The van der Waals surface area contributed by atoms with Crippen LogP contribution in [-0.2, 0) is 0 Å². The van der Waals surface area contributed by atoms with Gasteiger partial charge < -0.3 is 4.74 Å². The van der Waals surface area contributed by atoms with Gasteiger partial charge in [0, 0.05) is 22.5 Å². The zero-order valence-corrected chi connectivity index (χ0v) is 21.0. The van der Waals surface area contributed by atoms with Gasteiger partial charge in [0.15, 0.2) is 0 Å². The quantitative estimate of drug-likeness (QED) is 0.150. The van der Waals surface area contributed by atoms with E-state index in [0.717, 1.165) is 17.1 Å². The van der Waals surface area contributed by atoms with Gasteiger partial charge >= 0.3 is 0 Å². The first-order chi connectivity index (χ1) is 16.8. The zero-order valence-electron chi connectivity index (χ0n) is 18.7. The van der Waals surface area contributed by atoms with Crippen LogP contribution in [0.4, 0.5) is 5.69 Å². The van der Waals surface area contributed by atoms with E-state index in [9.17, 15) is 14.9 Å². The van der Waals surface area contributed by atoms with Crippen molar-refractivity contribution in [1.29, 1.82) is 0 Å². The lowest BCUT2D eigenvalue weighted by Crippen LogP contribution is -2.23. The number of ether oxygens (including phenoxy) is 1. The zero-order chi connectivity index (χ0) is 25.1. The van der Waals surface area contributed by atoms with Crippen LogP contribution in [0.5, 0.6) is 11.6 Å². The fraction of sp³-hybridized carbons (Fsp3) is 0.167. The highest BCUT2D eigenvalue weighted by atomic mass is 79.9. The maximum Gasteiger partial charge on any atom is 0.287 e. The number of aromatic nitrogens is 3. The molecule has 0 saturated carbocycles. The highest BCUT2D eigenvalue weighted by Crippen LogP contribution is 2.29. The molecule has 4 rings (SSSR count). The van der Waals surface area contributed by atoms with Crippen molar-refractivity contribution in [3.63, 3.8) is 0 Å². The molecule has 0 spiro atoms. The summed E-state index contributed by atoms with van der Waals surface area (Å²) < 4.78 is 7.73. The average molecular weight is 557 g/mol. The van der Waals surface area contributed by atoms with Crippen LogP contribution in [-0.4, -0.2) is 25.8 Å². The minimum absolute atomic E-state index is 0.0152. The van der Waals surface area contributed by atoms with E-state index in [1.165, 1.54) is 23.0 Å². The third kappa shape index (κ3) is 5.39. The molecule has 0 radical (unpaired) electrons. The topological polar surface area (TPSA) is 113 Å². The van der Waals surface area contributed by atoms with E-state index >= 15 is 0 Å². The van der Waals surface area contributed by atoms with Crippen molar-refractivity contribution in [2.75, 3.05) is 0 Å². The van der Waals surface area contributed by atoms with Crippen LogP contribution in [0.15, 0.2) is 69.1 Å². The molecule has 0 aliphatic rings. The number of nitro groups is 1. The Balaban J connectivity index is 1.65. The largest absolute Gasteiger partial charge is 0.437 e. The van der Waals surface area contributed by atoms with Crippen molar-refractivity contribution < 1.29 is 9.66 Å². The van der Waals surface area contributed by atoms with E-state index in [1.807, 2.05) is 19.9 Å². The van der Waals surface area contributed by atoms with Gasteiger partial charge in [0.25, 0.3) is 11.2 Å². The molecule has 0 N–H and O–H groups in total. The summed E-state index contributed by atoms with van der Waals surface area (Å²) >= 11 is 9.77. The Morgan fingerprint density at radius 3 is 2.71 bits per heavy atom. The molecule has 0 amide bonds. The average Bonchev–Trinajstić information content (AvgIpc) is 2.85. The van der Waals surface area contributed by atoms with Crippen LogP contribution in [0, 0.1) is 10.1 Å². The number of fused-ring (bicyclic) bond motifs is 1. The number of pyridine rings is 1. The first-order valence-corrected chi connectivity index (χ1v) is 11.8. The first-order valence-electron chi connectivity index (χ1n) is 10.6. The highest BCUT2D eigenvalue weighted by Gasteiger charge is 2.16. The summed E-state index contributed by atoms with van der Waals surface area (Å²) in [4.78, 5) is 32.1. The van der Waals surface area contributed by atoms with E-state index in [0.29, 0.717) is 28.0 Å². The van der Waals surface area contributed by atoms with E-state index < -0.39 is 4.92 Å². The number of halogens is 2. The van der Waals surface area contributed by atoms with Crippen LogP contribution >= 0.6 is 27.5 Å². The van der Waals surface area contributed by atoms with Crippen molar-refractivity contribution in [1.82, 2.24) is 14.6 Å². The summed E-state index contributed by atoms with van der Waals surface area (Å²) in [7, 11) is 0. The Morgan fingerprint density at radius 1 is 1.26 bits per heavy atom. The lowest BCUT2D eigenvalue weighted by atomic mass is 10.1. The van der Waals surface area contributed by atoms with E-state index in [-0.39, 0.29) is 28.1 Å². The number of hydrogen-bond acceptors (Lipinski definition) is 7. The van der Waals surface area contributed by atoms with Gasteiger partial charge in [-0.15, -0.1) is 0 Å². The third-order valence-electron chi connectivity index (χ3n) is 5.31. The molecule has 0 aliphatic carbocycles. The Morgan fingerprint density at radius 2 is 2.06 bits per heavy atom. The Bertz CT molecular complexity index is 1500. The fourth-order valence-corrected chi connectivity index (χ4v) is 3.83. The number of rotatable bonds is 7. The van der Waals surface area contributed by atoms with Gasteiger partial charge in [-0.25, -0.2) is 9.97 Å². The SMILES string of the molecule is CC[C@@H](C)c1nc2ccc(Br)cc2c(=O)n1N=Cc1ccc(Oc2ccc([N+](=O)[O-])cn2)c(Cl)c1. The van der Waals surface area contributed by atoms with Gasteiger partial charge in [-0.1, -0.05) is 41.4 Å². The van der Waals surface area contributed by atoms with Crippen molar-refractivity contribution in [2.45, 2.75) is 26.2 Å². The molecule has 0 unspecified atom stereocenters. The Labute approximate surface area is 213 Å². The molecule has 35 heavy (non-hydrogen) atoms. The Kier molecular flexibility index (Phi) is 7.23. The van der Waals surface area contributed by atoms with Crippen molar-refractivity contribution >= 4 is 50.3 Å². The van der Waals surface area contributed by atoms with Gasteiger partial charge in [0.1, 0.15) is 17.8 Å². The number of benzene rings is 2.